The number of aliphatic hydroxyl groups excluding tert-OH is 1. The number of allylic oxidation sites excluding steroid dienone is 1. The van der Waals surface area contributed by atoms with Gasteiger partial charge in [0, 0.05) is 31.5 Å². The summed E-state index contributed by atoms with van der Waals surface area (Å²) >= 11 is 0. The molecule has 0 aliphatic carbocycles. The van der Waals surface area contributed by atoms with Gasteiger partial charge in [-0.05, 0) is 23.8 Å². The van der Waals surface area contributed by atoms with Crippen molar-refractivity contribution in [1.29, 1.82) is 10.5 Å². The van der Waals surface area contributed by atoms with Crippen molar-refractivity contribution < 1.29 is 5.11 Å². The van der Waals surface area contributed by atoms with E-state index in [0.29, 0.717) is 29.2 Å². The fourth-order valence-electron chi connectivity index (χ4n) is 1.92. The molecule has 6 nitrogen and oxygen atoms in total. The molecule has 0 fully saturated rings. The van der Waals surface area contributed by atoms with Crippen LogP contribution in [0.25, 0.3) is 11.6 Å². The first-order valence-electron chi connectivity index (χ1n) is 6.94. The van der Waals surface area contributed by atoms with Crippen molar-refractivity contribution in [2.24, 2.45) is 0 Å². The highest BCUT2D eigenvalue weighted by Gasteiger charge is 2.05. The van der Waals surface area contributed by atoms with E-state index in [-0.39, 0.29) is 6.61 Å². The average Bonchev–Trinajstić information content (AvgIpc) is 2.60. The van der Waals surface area contributed by atoms with Gasteiger partial charge >= 0.3 is 0 Å². The second kappa shape index (κ2) is 7.69. The lowest BCUT2D eigenvalue weighted by molar-refractivity contribution is 0.303. The lowest BCUT2D eigenvalue weighted by Gasteiger charge is -2.14. The highest BCUT2D eigenvalue weighted by atomic mass is 16.3. The molecule has 0 atom stereocenters. The lowest BCUT2D eigenvalue weighted by atomic mass is 10.0. The molecule has 6 heteroatoms. The van der Waals surface area contributed by atoms with E-state index >= 15 is 0 Å². The third-order valence-electron chi connectivity index (χ3n) is 3.19. The number of benzene rings is 1. The molecule has 0 amide bonds. The summed E-state index contributed by atoms with van der Waals surface area (Å²) in [6.07, 6.45) is 4.94. The monoisotopic (exact) mass is 305 g/mol. The Morgan fingerprint density at radius 1 is 1.22 bits per heavy atom. The summed E-state index contributed by atoms with van der Waals surface area (Å²) in [5, 5.41) is 27.0. The smallest absolute Gasteiger partial charge is 0.225 e. The lowest BCUT2D eigenvalue weighted by Crippen LogP contribution is -2.23. The van der Waals surface area contributed by atoms with E-state index in [1.807, 2.05) is 6.07 Å². The van der Waals surface area contributed by atoms with Crippen LogP contribution in [0.1, 0.15) is 16.7 Å². The number of rotatable bonds is 5. The minimum Gasteiger partial charge on any atom is -0.395 e. The molecule has 0 unspecified atom stereocenters. The van der Waals surface area contributed by atoms with Crippen LogP contribution >= 0.6 is 0 Å². The van der Waals surface area contributed by atoms with Crippen LogP contribution in [0.2, 0.25) is 0 Å². The van der Waals surface area contributed by atoms with Crippen LogP contribution in [0.15, 0.2) is 36.7 Å². The minimum atomic E-state index is 0.0266. The van der Waals surface area contributed by atoms with Crippen LogP contribution < -0.4 is 4.90 Å². The van der Waals surface area contributed by atoms with Gasteiger partial charge in [-0.25, -0.2) is 9.97 Å². The van der Waals surface area contributed by atoms with Gasteiger partial charge in [-0.2, -0.15) is 10.5 Å². The van der Waals surface area contributed by atoms with E-state index in [0.717, 1.165) is 5.56 Å². The summed E-state index contributed by atoms with van der Waals surface area (Å²) in [6, 6.07) is 11.0. The van der Waals surface area contributed by atoms with E-state index in [1.54, 1.807) is 54.7 Å². The summed E-state index contributed by atoms with van der Waals surface area (Å²) in [4.78, 5) is 10.2. The molecule has 0 radical (unpaired) electrons. The molecule has 23 heavy (non-hydrogen) atoms. The van der Waals surface area contributed by atoms with Crippen molar-refractivity contribution in [2.45, 2.75) is 0 Å². The Morgan fingerprint density at radius 3 is 2.39 bits per heavy atom. The zero-order valence-electron chi connectivity index (χ0n) is 12.6. The highest BCUT2D eigenvalue weighted by molar-refractivity contribution is 5.89. The number of anilines is 1. The van der Waals surface area contributed by atoms with Crippen LogP contribution in [0.5, 0.6) is 0 Å². The number of aromatic nitrogens is 2. The molecule has 1 heterocycles. The van der Waals surface area contributed by atoms with Gasteiger partial charge in [0.2, 0.25) is 5.95 Å². The van der Waals surface area contributed by atoms with Crippen LogP contribution in [0.4, 0.5) is 5.95 Å². The molecule has 0 bridgehead atoms. The summed E-state index contributed by atoms with van der Waals surface area (Å²) in [7, 11) is 1.79. The molecule has 0 saturated carbocycles. The first-order valence-corrected chi connectivity index (χ1v) is 6.94. The maximum atomic E-state index is 9.32. The fraction of sp³-hybridized carbons (Fsp3) is 0.176. The Bertz CT molecular complexity index is 767. The van der Waals surface area contributed by atoms with Gasteiger partial charge in [-0.3, -0.25) is 0 Å². The van der Waals surface area contributed by atoms with Crippen molar-refractivity contribution in [2.75, 3.05) is 25.1 Å². The Hall–Kier alpha value is -3.22. The zero-order valence-corrected chi connectivity index (χ0v) is 12.6. The molecule has 1 N–H and O–H groups in total. The third kappa shape index (κ3) is 4.13. The van der Waals surface area contributed by atoms with Gasteiger partial charge in [0.25, 0.3) is 0 Å². The van der Waals surface area contributed by atoms with E-state index in [2.05, 4.69) is 16.0 Å². The van der Waals surface area contributed by atoms with Gasteiger partial charge in [-0.1, -0.05) is 12.1 Å². The SMILES string of the molecule is CN(CCO)c1ncc(/C=C(\C#N)c2ccc(C#N)cc2)cn1. The van der Waals surface area contributed by atoms with Crippen LogP contribution in [-0.4, -0.2) is 35.3 Å². The molecular weight excluding hydrogens is 290 g/mol. The van der Waals surface area contributed by atoms with Crippen molar-refractivity contribution in [1.82, 2.24) is 9.97 Å². The second-order valence-electron chi connectivity index (χ2n) is 4.82. The van der Waals surface area contributed by atoms with Crippen LogP contribution in [-0.2, 0) is 0 Å². The summed E-state index contributed by atoms with van der Waals surface area (Å²) in [5.41, 5.74) is 2.44. The third-order valence-corrected chi connectivity index (χ3v) is 3.19. The molecule has 0 aliphatic rings. The van der Waals surface area contributed by atoms with Crippen LogP contribution in [0, 0.1) is 22.7 Å². The van der Waals surface area contributed by atoms with Gasteiger partial charge in [-0.15, -0.1) is 0 Å². The van der Waals surface area contributed by atoms with Crippen molar-refractivity contribution >= 4 is 17.6 Å². The summed E-state index contributed by atoms with van der Waals surface area (Å²) in [6.45, 7) is 0.475. The first-order chi connectivity index (χ1) is 11.2. The Labute approximate surface area is 134 Å². The largest absolute Gasteiger partial charge is 0.395 e. The topological polar surface area (TPSA) is 96.8 Å². The summed E-state index contributed by atoms with van der Waals surface area (Å²) < 4.78 is 0. The number of nitriles is 2. The second-order valence-corrected chi connectivity index (χ2v) is 4.82. The normalized spacial score (nSPS) is 10.7. The number of hydrogen-bond acceptors (Lipinski definition) is 6. The van der Waals surface area contributed by atoms with E-state index in [4.69, 9.17) is 10.4 Å². The van der Waals surface area contributed by atoms with Gasteiger partial charge in [0.05, 0.1) is 29.9 Å². The molecule has 0 spiro atoms. The number of aliphatic hydroxyl groups is 1. The molecule has 1 aromatic carbocycles. The number of likely N-dealkylation sites (N-methyl/N-ethyl adjacent to an activating group) is 1. The van der Waals surface area contributed by atoms with E-state index in [1.165, 1.54) is 0 Å². The molecule has 114 valence electrons. The minimum absolute atomic E-state index is 0.0266. The van der Waals surface area contributed by atoms with Crippen molar-refractivity contribution in [3.63, 3.8) is 0 Å². The molecule has 1 aromatic heterocycles. The molecular formula is C17H15N5O. The molecule has 0 aliphatic heterocycles. The van der Waals surface area contributed by atoms with E-state index in [9.17, 15) is 5.26 Å². The van der Waals surface area contributed by atoms with Crippen molar-refractivity contribution in [3.8, 4) is 12.1 Å². The highest BCUT2D eigenvalue weighted by Crippen LogP contribution is 2.18. The maximum absolute atomic E-state index is 9.32. The zero-order chi connectivity index (χ0) is 16.7. The Morgan fingerprint density at radius 2 is 1.87 bits per heavy atom. The maximum Gasteiger partial charge on any atom is 0.225 e. The fourth-order valence-corrected chi connectivity index (χ4v) is 1.92. The van der Waals surface area contributed by atoms with E-state index < -0.39 is 0 Å². The molecule has 2 aromatic rings. The van der Waals surface area contributed by atoms with Crippen molar-refractivity contribution in [3.05, 3.63) is 53.3 Å². The predicted molar refractivity (Wildman–Crippen MR) is 87.0 cm³/mol. The van der Waals surface area contributed by atoms with Gasteiger partial charge in [0.1, 0.15) is 0 Å². The average molecular weight is 305 g/mol. The van der Waals surface area contributed by atoms with Gasteiger partial charge < -0.3 is 10.0 Å². The predicted octanol–water partition coefficient (Wildman–Crippen LogP) is 1.84. The molecule has 0 saturated heterocycles. The Balaban J connectivity index is 2.24. The van der Waals surface area contributed by atoms with Gasteiger partial charge in [0.15, 0.2) is 0 Å². The number of nitrogens with zero attached hydrogens (tertiary/aromatic N) is 5. The number of hydrogen-bond donors (Lipinski definition) is 1. The molecule has 2 rings (SSSR count). The summed E-state index contributed by atoms with van der Waals surface area (Å²) in [5.74, 6) is 0.507. The Kier molecular flexibility index (Phi) is 5.40. The first kappa shape index (κ1) is 16.2. The van der Waals surface area contributed by atoms with Crippen LogP contribution in [0.3, 0.4) is 0 Å². The standard InChI is InChI=1S/C17H15N5O/c1-22(6-7-23)17-20-11-14(12-21-17)8-16(10-19)15-4-2-13(9-18)3-5-15/h2-5,8,11-12,23H,6-7H2,1H3/b16-8+. The quantitative estimate of drug-likeness (QED) is 0.847.